The number of aliphatic imine (C=N–C) groups is 1. The van der Waals surface area contributed by atoms with Gasteiger partial charge < -0.3 is 20.6 Å². The van der Waals surface area contributed by atoms with Crippen molar-refractivity contribution >= 4 is 11.6 Å². The summed E-state index contributed by atoms with van der Waals surface area (Å²) in [7, 11) is 0. The van der Waals surface area contributed by atoms with Crippen molar-refractivity contribution in [2.75, 3.05) is 24.5 Å². The number of piperidine rings is 1. The highest BCUT2D eigenvalue weighted by Gasteiger charge is 2.19. The second kappa shape index (κ2) is 10.3. The number of hydrogen-bond acceptors (Lipinski definition) is 3. The fourth-order valence-corrected chi connectivity index (χ4v) is 3.51. The Hall–Kier alpha value is -2.60. The van der Waals surface area contributed by atoms with Crippen molar-refractivity contribution in [1.29, 1.82) is 0 Å². The zero-order chi connectivity index (χ0) is 20.6. The SMILES string of the molecule is CCNC(=NCc1ccc(N2CCC(O)CC2)c(F)c1)NCc1ccccc1C. The highest BCUT2D eigenvalue weighted by molar-refractivity contribution is 5.79. The van der Waals surface area contributed by atoms with E-state index >= 15 is 0 Å². The largest absolute Gasteiger partial charge is 0.393 e. The lowest BCUT2D eigenvalue weighted by Gasteiger charge is -2.31. The highest BCUT2D eigenvalue weighted by Crippen LogP contribution is 2.24. The molecule has 0 aromatic heterocycles. The molecule has 6 heteroatoms. The molecule has 0 bridgehead atoms. The molecule has 2 aromatic carbocycles. The molecule has 3 N–H and O–H groups in total. The van der Waals surface area contributed by atoms with Gasteiger partial charge in [0.05, 0.1) is 18.3 Å². The number of aliphatic hydroxyl groups is 1. The normalized spacial score (nSPS) is 15.4. The predicted molar refractivity (Wildman–Crippen MR) is 117 cm³/mol. The lowest BCUT2D eigenvalue weighted by atomic mass is 10.1. The zero-order valence-corrected chi connectivity index (χ0v) is 17.3. The molecule has 1 fully saturated rings. The first-order valence-electron chi connectivity index (χ1n) is 10.3. The van der Waals surface area contributed by atoms with Gasteiger partial charge >= 0.3 is 0 Å². The number of benzene rings is 2. The summed E-state index contributed by atoms with van der Waals surface area (Å²) in [6.07, 6.45) is 1.10. The second-order valence-corrected chi connectivity index (χ2v) is 7.48. The zero-order valence-electron chi connectivity index (χ0n) is 17.3. The van der Waals surface area contributed by atoms with Crippen LogP contribution in [0.5, 0.6) is 0 Å². The Labute approximate surface area is 172 Å². The molecular weight excluding hydrogens is 367 g/mol. The average molecular weight is 399 g/mol. The van der Waals surface area contributed by atoms with Crippen molar-refractivity contribution in [2.45, 2.75) is 45.9 Å². The minimum atomic E-state index is -0.264. The first-order chi connectivity index (χ1) is 14.1. The van der Waals surface area contributed by atoms with Gasteiger partial charge in [0.25, 0.3) is 0 Å². The van der Waals surface area contributed by atoms with Gasteiger partial charge in [-0.3, -0.25) is 0 Å². The molecule has 0 amide bonds. The van der Waals surface area contributed by atoms with Gasteiger partial charge in [-0.2, -0.15) is 0 Å². The van der Waals surface area contributed by atoms with Gasteiger partial charge in [-0.1, -0.05) is 30.3 Å². The van der Waals surface area contributed by atoms with Crippen molar-refractivity contribution in [1.82, 2.24) is 10.6 Å². The van der Waals surface area contributed by atoms with Crippen LogP contribution in [0.1, 0.15) is 36.5 Å². The number of nitrogens with zero attached hydrogens (tertiary/aromatic N) is 2. The summed E-state index contributed by atoms with van der Waals surface area (Å²) in [5.74, 6) is 0.484. The minimum absolute atomic E-state index is 0.230. The number of anilines is 1. The van der Waals surface area contributed by atoms with E-state index in [4.69, 9.17) is 0 Å². The predicted octanol–water partition coefficient (Wildman–Crippen LogP) is 3.35. The Kier molecular flexibility index (Phi) is 7.47. The Morgan fingerprint density at radius 1 is 1.17 bits per heavy atom. The molecule has 156 valence electrons. The van der Waals surface area contributed by atoms with Gasteiger partial charge in [-0.15, -0.1) is 0 Å². The topological polar surface area (TPSA) is 59.9 Å². The fraction of sp³-hybridized carbons (Fsp3) is 0.435. The Bertz CT molecular complexity index is 831. The average Bonchev–Trinajstić information content (AvgIpc) is 2.72. The van der Waals surface area contributed by atoms with E-state index in [-0.39, 0.29) is 11.9 Å². The molecule has 2 aromatic rings. The number of hydrogen-bond donors (Lipinski definition) is 3. The molecule has 1 aliphatic heterocycles. The number of guanidine groups is 1. The number of aliphatic hydroxyl groups excluding tert-OH is 1. The van der Waals surface area contributed by atoms with Crippen LogP contribution < -0.4 is 15.5 Å². The summed E-state index contributed by atoms with van der Waals surface area (Å²) in [4.78, 5) is 6.61. The summed E-state index contributed by atoms with van der Waals surface area (Å²) in [6, 6.07) is 13.6. The van der Waals surface area contributed by atoms with E-state index in [1.54, 1.807) is 6.07 Å². The van der Waals surface area contributed by atoms with Crippen molar-refractivity contribution in [3.05, 3.63) is 65.0 Å². The van der Waals surface area contributed by atoms with Crippen LogP contribution in [0.15, 0.2) is 47.5 Å². The molecular formula is C23H31FN4O. The van der Waals surface area contributed by atoms with Crippen LogP contribution in [-0.2, 0) is 13.1 Å². The smallest absolute Gasteiger partial charge is 0.191 e. The summed E-state index contributed by atoms with van der Waals surface area (Å²) >= 11 is 0. The van der Waals surface area contributed by atoms with Gasteiger partial charge in [-0.05, 0) is 55.5 Å². The molecule has 0 aliphatic carbocycles. The van der Waals surface area contributed by atoms with Crippen molar-refractivity contribution in [3.63, 3.8) is 0 Å². The maximum Gasteiger partial charge on any atom is 0.191 e. The van der Waals surface area contributed by atoms with E-state index in [1.807, 2.05) is 36.1 Å². The minimum Gasteiger partial charge on any atom is -0.393 e. The summed E-state index contributed by atoms with van der Waals surface area (Å²) in [5, 5.41) is 16.2. The monoisotopic (exact) mass is 398 g/mol. The maximum atomic E-state index is 14.6. The first kappa shape index (κ1) is 21.1. The lowest BCUT2D eigenvalue weighted by molar-refractivity contribution is 0.145. The molecule has 1 saturated heterocycles. The molecule has 0 saturated carbocycles. The Balaban J connectivity index is 1.62. The van der Waals surface area contributed by atoms with E-state index in [0.29, 0.717) is 50.7 Å². The summed E-state index contributed by atoms with van der Waals surface area (Å²) in [6.45, 7) is 7.33. The number of rotatable bonds is 6. The van der Waals surface area contributed by atoms with E-state index in [2.05, 4.69) is 34.7 Å². The van der Waals surface area contributed by atoms with Gasteiger partial charge in [-0.25, -0.2) is 9.38 Å². The number of nitrogens with one attached hydrogen (secondary N) is 2. The molecule has 5 nitrogen and oxygen atoms in total. The fourth-order valence-electron chi connectivity index (χ4n) is 3.51. The molecule has 0 radical (unpaired) electrons. The highest BCUT2D eigenvalue weighted by atomic mass is 19.1. The van der Waals surface area contributed by atoms with Crippen LogP contribution in [0.4, 0.5) is 10.1 Å². The van der Waals surface area contributed by atoms with E-state index < -0.39 is 0 Å². The molecule has 0 spiro atoms. The number of aryl methyl sites for hydroxylation is 1. The van der Waals surface area contributed by atoms with Gasteiger partial charge in [0.15, 0.2) is 5.96 Å². The van der Waals surface area contributed by atoms with Crippen molar-refractivity contribution in [2.24, 2.45) is 4.99 Å². The molecule has 1 heterocycles. The first-order valence-corrected chi connectivity index (χ1v) is 10.3. The molecule has 0 unspecified atom stereocenters. The third-order valence-electron chi connectivity index (χ3n) is 5.29. The summed E-state index contributed by atoms with van der Waals surface area (Å²) < 4.78 is 14.6. The molecule has 0 atom stereocenters. The lowest BCUT2D eigenvalue weighted by Crippen LogP contribution is -2.37. The Morgan fingerprint density at radius 3 is 2.62 bits per heavy atom. The summed E-state index contributed by atoms with van der Waals surface area (Å²) in [5.41, 5.74) is 3.89. The van der Waals surface area contributed by atoms with Crippen LogP contribution >= 0.6 is 0 Å². The Morgan fingerprint density at radius 2 is 1.93 bits per heavy atom. The third-order valence-corrected chi connectivity index (χ3v) is 5.29. The molecule has 1 aliphatic rings. The van der Waals surface area contributed by atoms with Gasteiger partial charge in [0.2, 0.25) is 0 Å². The third kappa shape index (κ3) is 5.94. The van der Waals surface area contributed by atoms with Crippen LogP contribution in [0.2, 0.25) is 0 Å². The van der Waals surface area contributed by atoms with Crippen LogP contribution in [-0.4, -0.2) is 36.8 Å². The van der Waals surface area contributed by atoms with E-state index in [9.17, 15) is 9.50 Å². The molecule has 29 heavy (non-hydrogen) atoms. The van der Waals surface area contributed by atoms with E-state index in [1.165, 1.54) is 11.1 Å². The van der Waals surface area contributed by atoms with Crippen molar-refractivity contribution < 1.29 is 9.50 Å². The van der Waals surface area contributed by atoms with Gasteiger partial charge in [0.1, 0.15) is 5.82 Å². The van der Waals surface area contributed by atoms with E-state index in [0.717, 1.165) is 12.1 Å². The quantitative estimate of drug-likeness (QED) is 0.516. The molecule has 3 rings (SSSR count). The second-order valence-electron chi connectivity index (χ2n) is 7.48. The van der Waals surface area contributed by atoms with Crippen LogP contribution in [0, 0.1) is 12.7 Å². The van der Waals surface area contributed by atoms with Crippen LogP contribution in [0.3, 0.4) is 0 Å². The maximum absolute atomic E-state index is 14.6. The van der Waals surface area contributed by atoms with Gasteiger partial charge in [0, 0.05) is 26.2 Å². The standard InChI is InChI=1S/C23H31FN4O/c1-3-25-23(27-16-19-7-5-4-6-17(19)2)26-15-18-8-9-22(21(24)14-18)28-12-10-20(29)11-13-28/h4-9,14,20,29H,3,10-13,15-16H2,1-2H3,(H2,25,26,27). The number of halogens is 1. The van der Waals surface area contributed by atoms with Crippen LogP contribution in [0.25, 0.3) is 0 Å². The van der Waals surface area contributed by atoms with Crippen molar-refractivity contribution in [3.8, 4) is 0 Å².